The molecule has 0 amide bonds. The molecule has 3 rings (SSSR count). The van der Waals surface area contributed by atoms with Gasteiger partial charge in [-0.3, -0.25) is 0 Å². The second-order valence-electron chi connectivity index (χ2n) is 4.54. The van der Waals surface area contributed by atoms with Crippen molar-refractivity contribution < 1.29 is 10.2 Å². The number of anilines is 1. The van der Waals surface area contributed by atoms with Crippen LogP contribution in [0.1, 0.15) is 5.56 Å². The van der Waals surface area contributed by atoms with Gasteiger partial charge in [0.2, 0.25) is 0 Å². The second kappa shape index (κ2) is 5.54. The standard InChI is InChI=1S/C15H14N4O2/c20-14-6-5-11(9-15(14)21)10-16-12-3-1-2-4-13(12)19-8-7-17-18-19/h1-9,16,20-21H,10H2. The summed E-state index contributed by atoms with van der Waals surface area (Å²) in [6, 6.07) is 12.5. The van der Waals surface area contributed by atoms with E-state index >= 15 is 0 Å². The van der Waals surface area contributed by atoms with Crippen molar-refractivity contribution in [1.82, 2.24) is 15.0 Å². The summed E-state index contributed by atoms with van der Waals surface area (Å²) in [6.45, 7) is 0.513. The first-order valence-electron chi connectivity index (χ1n) is 6.44. The smallest absolute Gasteiger partial charge is 0.157 e. The predicted molar refractivity (Wildman–Crippen MR) is 78.5 cm³/mol. The summed E-state index contributed by atoms with van der Waals surface area (Å²) < 4.78 is 1.68. The second-order valence-corrected chi connectivity index (χ2v) is 4.54. The van der Waals surface area contributed by atoms with E-state index in [1.807, 2.05) is 24.3 Å². The van der Waals surface area contributed by atoms with Crippen LogP contribution in [0.4, 0.5) is 5.69 Å². The van der Waals surface area contributed by atoms with Gasteiger partial charge in [-0.1, -0.05) is 23.4 Å². The van der Waals surface area contributed by atoms with E-state index in [0.29, 0.717) is 6.54 Å². The van der Waals surface area contributed by atoms with Crippen LogP contribution in [0.5, 0.6) is 11.5 Å². The Morgan fingerprint density at radius 3 is 2.67 bits per heavy atom. The average Bonchev–Trinajstić information content (AvgIpc) is 3.03. The number of para-hydroxylation sites is 2. The molecule has 21 heavy (non-hydrogen) atoms. The molecule has 0 radical (unpaired) electrons. The summed E-state index contributed by atoms with van der Waals surface area (Å²) in [5.74, 6) is -0.249. The first-order chi connectivity index (χ1) is 10.2. The van der Waals surface area contributed by atoms with Gasteiger partial charge in [-0.15, -0.1) is 5.10 Å². The maximum absolute atomic E-state index is 9.50. The van der Waals surface area contributed by atoms with Crippen LogP contribution in [0, 0.1) is 0 Å². The van der Waals surface area contributed by atoms with Gasteiger partial charge in [-0.25, -0.2) is 4.68 Å². The van der Waals surface area contributed by atoms with Crippen LogP contribution in [0.3, 0.4) is 0 Å². The number of rotatable bonds is 4. The lowest BCUT2D eigenvalue weighted by Crippen LogP contribution is -2.05. The molecular formula is C15H14N4O2. The Labute approximate surface area is 121 Å². The van der Waals surface area contributed by atoms with Gasteiger partial charge in [0.25, 0.3) is 0 Å². The van der Waals surface area contributed by atoms with Gasteiger partial charge in [-0.05, 0) is 29.8 Å². The normalized spacial score (nSPS) is 10.5. The number of benzene rings is 2. The van der Waals surface area contributed by atoms with E-state index in [0.717, 1.165) is 16.9 Å². The lowest BCUT2D eigenvalue weighted by molar-refractivity contribution is 0.403. The van der Waals surface area contributed by atoms with Crippen LogP contribution in [0.2, 0.25) is 0 Å². The number of aromatic hydroxyl groups is 2. The molecule has 0 fully saturated rings. The third-order valence-electron chi connectivity index (χ3n) is 3.10. The maximum Gasteiger partial charge on any atom is 0.157 e. The van der Waals surface area contributed by atoms with Gasteiger partial charge in [-0.2, -0.15) is 0 Å². The van der Waals surface area contributed by atoms with Crippen LogP contribution in [-0.2, 0) is 6.54 Å². The minimum atomic E-state index is -0.126. The fourth-order valence-electron chi connectivity index (χ4n) is 2.04. The lowest BCUT2D eigenvalue weighted by atomic mass is 10.2. The van der Waals surface area contributed by atoms with Crippen molar-refractivity contribution >= 4 is 5.69 Å². The van der Waals surface area contributed by atoms with Crippen molar-refractivity contribution in [2.24, 2.45) is 0 Å². The summed E-state index contributed by atoms with van der Waals surface area (Å²) in [7, 11) is 0. The van der Waals surface area contributed by atoms with Crippen molar-refractivity contribution in [3.05, 3.63) is 60.4 Å². The molecule has 0 unspecified atom stereocenters. The molecule has 0 aliphatic carbocycles. The van der Waals surface area contributed by atoms with E-state index in [4.69, 9.17) is 0 Å². The molecule has 0 spiro atoms. The number of phenols is 2. The largest absolute Gasteiger partial charge is 0.504 e. The summed E-state index contributed by atoms with van der Waals surface area (Å²) >= 11 is 0. The summed E-state index contributed by atoms with van der Waals surface area (Å²) in [5, 5.41) is 29.9. The maximum atomic E-state index is 9.50. The van der Waals surface area contributed by atoms with Crippen LogP contribution < -0.4 is 5.32 Å². The van der Waals surface area contributed by atoms with Crippen molar-refractivity contribution in [3.63, 3.8) is 0 Å². The van der Waals surface area contributed by atoms with Gasteiger partial charge in [0.1, 0.15) is 0 Å². The van der Waals surface area contributed by atoms with E-state index in [1.165, 1.54) is 12.1 Å². The molecule has 0 bridgehead atoms. The topological polar surface area (TPSA) is 83.2 Å². The molecular weight excluding hydrogens is 268 g/mol. The molecule has 6 nitrogen and oxygen atoms in total. The van der Waals surface area contributed by atoms with Gasteiger partial charge >= 0.3 is 0 Å². The van der Waals surface area contributed by atoms with Crippen molar-refractivity contribution in [2.75, 3.05) is 5.32 Å². The first-order valence-corrected chi connectivity index (χ1v) is 6.44. The monoisotopic (exact) mass is 282 g/mol. The molecule has 0 saturated heterocycles. The number of aromatic nitrogens is 3. The molecule has 6 heteroatoms. The molecule has 0 aliphatic heterocycles. The molecule has 0 aliphatic rings. The Bertz CT molecular complexity index is 741. The number of hydrogen-bond donors (Lipinski definition) is 3. The quantitative estimate of drug-likeness (QED) is 0.639. The predicted octanol–water partition coefficient (Wildman–Crippen LogP) is 2.29. The average molecular weight is 282 g/mol. The zero-order valence-electron chi connectivity index (χ0n) is 11.1. The summed E-state index contributed by atoms with van der Waals surface area (Å²) in [5.41, 5.74) is 2.65. The Morgan fingerprint density at radius 1 is 1.05 bits per heavy atom. The van der Waals surface area contributed by atoms with Gasteiger partial charge < -0.3 is 15.5 Å². The van der Waals surface area contributed by atoms with Crippen LogP contribution >= 0.6 is 0 Å². The summed E-state index contributed by atoms with van der Waals surface area (Å²) in [4.78, 5) is 0. The highest BCUT2D eigenvalue weighted by molar-refractivity contribution is 5.60. The van der Waals surface area contributed by atoms with Crippen LogP contribution in [-0.4, -0.2) is 25.2 Å². The highest BCUT2D eigenvalue weighted by Crippen LogP contribution is 2.26. The zero-order chi connectivity index (χ0) is 14.7. The molecule has 2 aromatic carbocycles. The van der Waals surface area contributed by atoms with Gasteiger partial charge in [0.05, 0.1) is 23.8 Å². The van der Waals surface area contributed by atoms with Gasteiger partial charge in [0.15, 0.2) is 11.5 Å². The lowest BCUT2D eigenvalue weighted by Gasteiger charge is -2.12. The summed E-state index contributed by atoms with van der Waals surface area (Å²) in [6.07, 6.45) is 3.39. The zero-order valence-corrected chi connectivity index (χ0v) is 11.1. The molecule has 0 saturated carbocycles. The fourth-order valence-corrected chi connectivity index (χ4v) is 2.04. The third-order valence-corrected chi connectivity index (χ3v) is 3.10. The first kappa shape index (κ1) is 13.0. The SMILES string of the molecule is Oc1ccc(CNc2ccccc2-n2ccnn2)cc1O. The van der Waals surface area contributed by atoms with Crippen molar-refractivity contribution in [3.8, 4) is 17.2 Å². The number of nitrogens with one attached hydrogen (secondary N) is 1. The highest BCUT2D eigenvalue weighted by atomic mass is 16.3. The van der Waals surface area contributed by atoms with Crippen LogP contribution in [0.25, 0.3) is 5.69 Å². The van der Waals surface area contributed by atoms with E-state index in [1.54, 1.807) is 23.1 Å². The Balaban J connectivity index is 1.81. The van der Waals surface area contributed by atoms with Crippen LogP contribution in [0.15, 0.2) is 54.9 Å². The molecule has 1 heterocycles. The third kappa shape index (κ3) is 2.79. The molecule has 106 valence electrons. The Kier molecular flexibility index (Phi) is 3.42. The Hall–Kier alpha value is -3.02. The van der Waals surface area contributed by atoms with Gasteiger partial charge in [0, 0.05) is 6.54 Å². The van der Waals surface area contributed by atoms with Crippen molar-refractivity contribution in [1.29, 1.82) is 0 Å². The van der Waals surface area contributed by atoms with E-state index in [2.05, 4.69) is 15.6 Å². The minimum Gasteiger partial charge on any atom is -0.504 e. The van der Waals surface area contributed by atoms with E-state index in [-0.39, 0.29) is 11.5 Å². The van der Waals surface area contributed by atoms with E-state index in [9.17, 15) is 10.2 Å². The minimum absolute atomic E-state index is 0.123. The fraction of sp³-hybridized carbons (Fsp3) is 0.0667. The molecule has 3 N–H and O–H groups in total. The number of hydrogen-bond acceptors (Lipinski definition) is 5. The highest BCUT2D eigenvalue weighted by Gasteiger charge is 2.05. The van der Waals surface area contributed by atoms with Crippen molar-refractivity contribution in [2.45, 2.75) is 6.54 Å². The Morgan fingerprint density at radius 2 is 1.90 bits per heavy atom. The molecule has 0 atom stereocenters. The van der Waals surface area contributed by atoms with E-state index < -0.39 is 0 Å². The number of phenolic OH excluding ortho intramolecular Hbond substituents is 2. The molecule has 1 aromatic heterocycles. The number of nitrogens with zero attached hydrogens (tertiary/aromatic N) is 3. The molecule has 3 aromatic rings.